The minimum absolute atomic E-state index is 0.587. The van der Waals surface area contributed by atoms with Crippen molar-refractivity contribution in [3.05, 3.63) is 35.9 Å². The van der Waals surface area contributed by atoms with E-state index in [2.05, 4.69) is 15.3 Å². The van der Waals surface area contributed by atoms with Gasteiger partial charge >= 0.3 is 6.09 Å². The Balaban J connectivity index is 2.69. The Kier molecular flexibility index (Phi) is 7.31. The SMILES string of the molecule is COC(=O)N/N=C(/CCc1ccccc1)C(OC)OC. The van der Waals surface area contributed by atoms with Gasteiger partial charge in [-0.05, 0) is 18.4 Å². The van der Waals surface area contributed by atoms with Crippen molar-refractivity contribution in [2.24, 2.45) is 5.10 Å². The molecular formula is C14H20N2O4. The molecule has 20 heavy (non-hydrogen) atoms. The molecule has 6 heteroatoms. The van der Waals surface area contributed by atoms with Crippen molar-refractivity contribution in [2.45, 2.75) is 19.1 Å². The first-order valence-corrected chi connectivity index (χ1v) is 6.21. The Morgan fingerprint density at radius 2 is 1.85 bits per heavy atom. The van der Waals surface area contributed by atoms with E-state index in [1.165, 1.54) is 26.9 Å². The summed E-state index contributed by atoms with van der Waals surface area (Å²) in [5, 5.41) is 3.99. The number of carbonyl (C=O) groups excluding carboxylic acids is 1. The Bertz CT molecular complexity index is 430. The quantitative estimate of drug-likeness (QED) is 0.471. The van der Waals surface area contributed by atoms with E-state index in [1.54, 1.807) is 0 Å². The number of hydrazone groups is 1. The first-order chi connectivity index (χ1) is 9.71. The molecule has 0 radical (unpaired) electrons. The Morgan fingerprint density at radius 3 is 2.40 bits per heavy atom. The molecule has 1 aromatic carbocycles. The summed E-state index contributed by atoms with van der Waals surface area (Å²) in [5.41, 5.74) is 4.04. The molecule has 0 bridgehead atoms. The van der Waals surface area contributed by atoms with Crippen LogP contribution in [0.2, 0.25) is 0 Å². The molecule has 1 rings (SSSR count). The van der Waals surface area contributed by atoms with Gasteiger partial charge in [-0.1, -0.05) is 30.3 Å². The highest BCUT2D eigenvalue weighted by Crippen LogP contribution is 2.07. The zero-order chi connectivity index (χ0) is 14.8. The summed E-state index contributed by atoms with van der Waals surface area (Å²) in [6.45, 7) is 0. The Hall–Kier alpha value is -1.92. The van der Waals surface area contributed by atoms with Crippen molar-refractivity contribution in [3.8, 4) is 0 Å². The normalized spacial score (nSPS) is 11.5. The Morgan fingerprint density at radius 1 is 1.20 bits per heavy atom. The summed E-state index contributed by atoms with van der Waals surface area (Å²) >= 11 is 0. The van der Waals surface area contributed by atoms with Gasteiger partial charge in [0.25, 0.3) is 0 Å². The molecule has 0 saturated heterocycles. The van der Waals surface area contributed by atoms with Crippen LogP contribution in [0.3, 0.4) is 0 Å². The number of benzene rings is 1. The van der Waals surface area contributed by atoms with Crippen molar-refractivity contribution < 1.29 is 19.0 Å². The largest absolute Gasteiger partial charge is 0.452 e. The lowest BCUT2D eigenvalue weighted by molar-refractivity contribution is -0.0534. The van der Waals surface area contributed by atoms with E-state index >= 15 is 0 Å². The maximum atomic E-state index is 11.1. The Labute approximate surface area is 118 Å². The van der Waals surface area contributed by atoms with Gasteiger partial charge in [-0.15, -0.1) is 0 Å². The van der Waals surface area contributed by atoms with Gasteiger partial charge in [0.1, 0.15) is 0 Å². The third-order valence-corrected chi connectivity index (χ3v) is 2.69. The predicted molar refractivity (Wildman–Crippen MR) is 75.5 cm³/mol. The maximum absolute atomic E-state index is 11.1. The summed E-state index contributed by atoms with van der Waals surface area (Å²) < 4.78 is 14.8. The van der Waals surface area contributed by atoms with Crippen LogP contribution in [0.15, 0.2) is 35.4 Å². The number of methoxy groups -OCH3 is 3. The van der Waals surface area contributed by atoms with Crippen LogP contribution in [0.25, 0.3) is 0 Å². The lowest BCUT2D eigenvalue weighted by atomic mass is 10.1. The highest BCUT2D eigenvalue weighted by atomic mass is 16.7. The molecule has 0 aromatic heterocycles. The van der Waals surface area contributed by atoms with Gasteiger partial charge in [0.05, 0.1) is 12.8 Å². The van der Waals surface area contributed by atoms with Crippen LogP contribution >= 0.6 is 0 Å². The molecule has 1 aromatic rings. The number of aryl methyl sites for hydroxylation is 1. The van der Waals surface area contributed by atoms with E-state index in [1.807, 2.05) is 30.3 Å². The van der Waals surface area contributed by atoms with E-state index in [9.17, 15) is 4.79 Å². The topological polar surface area (TPSA) is 69.2 Å². The van der Waals surface area contributed by atoms with Gasteiger partial charge in [0.2, 0.25) is 0 Å². The van der Waals surface area contributed by atoms with Crippen LogP contribution in [-0.2, 0) is 20.6 Å². The zero-order valence-electron chi connectivity index (χ0n) is 12.0. The smallest absolute Gasteiger partial charge is 0.427 e. The minimum atomic E-state index is -0.631. The van der Waals surface area contributed by atoms with Gasteiger partial charge < -0.3 is 14.2 Å². The second-order valence-corrected chi connectivity index (χ2v) is 4.00. The molecule has 1 N–H and O–H groups in total. The van der Waals surface area contributed by atoms with Crippen molar-refractivity contribution in [2.75, 3.05) is 21.3 Å². The van der Waals surface area contributed by atoms with Crippen molar-refractivity contribution in [3.63, 3.8) is 0 Å². The fourth-order valence-electron chi connectivity index (χ4n) is 1.67. The summed E-state index contributed by atoms with van der Waals surface area (Å²) in [5.74, 6) is 0. The van der Waals surface area contributed by atoms with E-state index in [4.69, 9.17) is 9.47 Å². The average Bonchev–Trinajstić information content (AvgIpc) is 2.50. The zero-order valence-corrected chi connectivity index (χ0v) is 12.0. The van der Waals surface area contributed by atoms with E-state index in [-0.39, 0.29) is 0 Å². The molecule has 110 valence electrons. The number of nitrogens with zero attached hydrogens (tertiary/aromatic N) is 1. The van der Waals surface area contributed by atoms with Crippen molar-refractivity contribution in [1.82, 2.24) is 5.43 Å². The number of nitrogens with one attached hydrogen (secondary N) is 1. The van der Waals surface area contributed by atoms with Gasteiger partial charge in [0.15, 0.2) is 6.29 Å². The summed E-state index contributed by atoms with van der Waals surface area (Å²) in [6.07, 6.45) is 0.135. The highest BCUT2D eigenvalue weighted by Gasteiger charge is 2.15. The third kappa shape index (κ3) is 5.38. The van der Waals surface area contributed by atoms with E-state index in [0.29, 0.717) is 12.1 Å². The number of rotatable bonds is 7. The second-order valence-electron chi connectivity index (χ2n) is 4.00. The maximum Gasteiger partial charge on any atom is 0.427 e. The van der Waals surface area contributed by atoms with Crippen LogP contribution < -0.4 is 5.43 Å². The van der Waals surface area contributed by atoms with Crippen LogP contribution in [-0.4, -0.2) is 39.4 Å². The van der Waals surface area contributed by atoms with Crippen molar-refractivity contribution in [1.29, 1.82) is 0 Å². The molecule has 1 amide bonds. The van der Waals surface area contributed by atoms with Crippen LogP contribution in [0, 0.1) is 0 Å². The lowest BCUT2D eigenvalue weighted by Crippen LogP contribution is -2.29. The summed E-state index contributed by atoms with van der Waals surface area (Å²) in [6, 6.07) is 9.97. The monoisotopic (exact) mass is 280 g/mol. The number of ether oxygens (including phenoxy) is 3. The molecule has 0 atom stereocenters. The molecule has 0 aliphatic rings. The molecule has 6 nitrogen and oxygen atoms in total. The van der Waals surface area contributed by atoms with Crippen LogP contribution in [0.4, 0.5) is 4.79 Å². The first kappa shape index (κ1) is 16.1. The average molecular weight is 280 g/mol. The second kappa shape index (κ2) is 9.06. The predicted octanol–water partition coefficient (Wildman–Crippen LogP) is 1.95. The van der Waals surface area contributed by atoms with Gasteiger partial charge in [-0.25, -0.2) is 10.2 Å². The number of carbonyl (C=O) groups is 1. The molecule has 0 heterocycles. The van der Waals surface area contributed by atoms with Crippen LogP contribution in [0.5, 0.6) is 0 Å². The van der Waals surface area contributed by atoms with Gasteiger partial charge in [-0.2, -0.15) is 5.10 Å². The fourth-order valence-corrected chi connectivity index (χ4v) is 1.67. The van der Waals surface area contributed by atoms with E-state index < -0.39 is 12.4 Å². The molecule has 0 unspecified atom stereocenters. The fraction of sp³-hybridized carbons (Fsp3) is 0.429. The molecule has 0 fully saturated rings. The summed E-state index contributed by atoms with van der Waals surface area (Å²) in [4.78, 5) is 11.1. The molecular weight excluding hydrogens is 260 g/mol. The highest BCUT2D eigenvalue weighted by molar-refractivity contribution is 5.88. The molecule has 0 aliphatic heterocycles. The van der Waals surface area contributed by atoms with E-state index in [0.717, 1.165) is 6.42 Å². The lowest BCUT2D eigenvalue weighted by Gasteiger charge is -2.16. The van der Waals surface area contributed by atoms with Crippen LogP contribution in [0.1, 0.15) is 12.0 Å². The van der Waals surface area contributed by atoms with Gasteiger partial charge in [0, 0.05) is 14.2 Å². The number of hydrogen-bond acceptors (Lipinski definition) is 5. The standard InChI is InChI=1S/C14H20N2O4/c1-18-13(19-2)12(15-16-14(17)20-3)10-9-11-7-5-4-6-8-11/h4-8,13H,9-10H2,1-3H3,(H,16,17)/b15-12-. The van der Waals surface area contributed by atoms with Crippen molar-refractivity contribution >= 4 is 11.8 Å². The first-order valence-electron chi connectivity index (χ1n) is 6.21. The molecule has 0 saturated carbocycles. The number of hydrogen-bond donors (Lipinski definition) is 1. The summed E-state index contributed by atoms with van der Waals surface area (Å²) in [7, 11) is 4.31. The molecule has 0 spiro atoms. The third-order valence-electron chi connectivity index (χ3n) is 2.69. The minimum Gasteiger partial charge on any atom is -0.452 e. The number of amides is 1. The molecule has 0 aliphatic carbocycles. The van der Waals surface area contributed by atoms with Gasteiger partial charge in [-0.3, -0.25) is 0 Å².